The van der Waals surface area contributed by atoms with E-state index < -0.39 is 11.9 Å². The lowest BCUT2D eigenvalue weighted by Crippen LogP contribution is -2.23. The summed E-state index contributed by atoms with van der Waals surface area (Å²) in [7, 11) is 0. The maximum absolute atomic E-state index is 11.1. The smallest absolute Gasteiger partial charge is 0.330 e. The van der Waals surface area contributed by atoms with E-state index in [2.05, 4.69) is 30.5 Å². The van der Waals surface area contributed by atoms with Crippen LogP contribution in [0.2, 0.25) is 0 Å². The van der Waals surface area contributed by atoms with Gasteiger partial charge in [-0.15, -0.1) is 11.3 Å². The minimum atomic E-state index is -1.38. The summed E-state index contributed by atoms with van der Waals surface area (Å²) in [4.78, 5) is 22.5. The molecule has 4 N–H and O–H groups in total. The molecule has 0 amide bonds. The van der Waals surface area contributed by atoms with E-state index in [-0.39, 0.29) is 11.0 Å². The molecule has 7 nitrogen and oxygen atoms in total. The molecule has 2 aromatic rings. The molecular formula is C33H53NO6S. The number of carbonyl (C=O) groups excluding carboxylic acids is 2. The molecular weight excluding hydrogens is 538 g/mol. The molecule has 0 saturated carbocycles. The second-order valence-corrected chi connectivity index (χ2v) is 10.8. The zero-order valence-corrected chi connectivity index (χ0v) is 25.8. The van der Waals surface area contributed by atoms with E-state index in [0.29, 0.717) is 12.7 Å². The van der Waals surface area contributed by atoms with Gasteiger partial charge in [-0.3, -0.25) is 0 Å². The van der Waals surface area contributed by atoms with E-state index in [1.165, 1.54) is 94.8 Å². The molecule has 232 valence electrons. The first-order valence-corrected chi connectivity index (χ1v) is 15.7. The lowest BCUT2D eigenvalue weighted by molar-refractivity contribution is -0.567. The maximum Gasteiger partial charge on any atom is 0.330 e. The fourth-order valence-electron chi connectivity index (χ4n) is 4.06. The Bertz CT molecular complexity index is 900. The summed E-state index contributed by atoms with van der Waals surface area (Å²) in [5.41, 5.74) is 0. The number of rotatable bonds is 21. The van der Waals surface area contributed by atoms with Crippen LogP contribution in [0.3, 0.4) is 0 Å². The lowest BCUT2D eigenvalue weighted by atomic mass is 10.0. The van der Waals surface area contributed by atoms with Crippen LogP contribution in [0.15, 0.2) is 60.3 Å². The Balaban J connectivity index is 0. The number of carbonyl (C=O) groups is 2. The first-order valence-electron chi connectivity index (χ1n) is 14.8. The van der Waals surface area contributed by atoms with Gasteiger partial charge in [0.2, 0.25) is 0 Å². The molecule has 2 heterocycles. The van der Waals surface area contributed by atoms with Crippen LogP contribution < -0.4 is 9.67 Å². The highest BCUT2D eigenvalue weighted by Gasteiger charge is 1.98. The molecule has 0 fully saturated rings. The number of ether oxygens (including phenoxy) is 1. The minimum Gasteiger partial charge on any atom is -0.545 e. The Morgan fingerprint density at radius 3 is 1.73 bits per heavy atom. The first-order chi connectivity index (χ1) is 19.1. The Kier molecular flexibility index (Phi) is 29.7. The van der Waals surface area contributed by atoms with Crippen molar-refractivity contribution < 1.29 is 35.0 Å². The molecule has 0 aromatic carbocycles. The van der Waals surface area contributed by atoms with E-state index in [1.54, 1.807) is 11.3 Å². The minimum absolute atomic E-state index is 0. The molecule has 0 spiro atoms. The second kappa shape index (κ2) is 30.2. The number of carboxylic acids is 1. The van der Waals surface area contributed by atoms with Crippen LogP contribution in [-0.2, 0) is 14.3 Å². The van der Waals surface area contributed by atoms with E-state index >= 15 is 0 Å². The Hall–Kier alpha value is -2.81. The van der Waals surface area contributed by atoms with Gasteiger partial charge in [-0.1, -0.05) is 115 Å². The van der Waals surface area contributed by atoms with Gasteiger partial charge < -0.3 is 25.6 Å². The summed E-state index contributed by atoms with van der Waals surface area (Å²) in [5, 5.41) is 12.2. The third-order valence-corrected chi connectivity index (χ3v) is 7.13. The van der Waals surface area contributed by atoms with E-state index in [0.717, 1.165) is 18.9 Å². The van der Waals surface area contributed by atoms with Gasteiger partial charge in [0.05, 0.1) is 12.6 Å². The number of aromatic nitrogens is 1. The van der Waals surface area contributed by atoms with Gasteiger partial charge in [-0.05, 0) is 23.9 Å². The summed E-state index contributed by atoms with van der Waals surface area (Å²) in [6.07, 6.45) is 30.6. The number of aliphatic carboxylic acids is 1. The number of hydrogen-bond acceptors (Lipinski definition) is 5. The van der Waals surface area contributed by atoms with E-state index in [4.69, 9.17) is 4.74 Å². The highest BCUT2D eigenvalue weighted by Crippen LogP contribution is 2.14. The molecule has 0 aliphatic heterocycles. The molecule has 8 heteroatoms. The van der Waals surface area contributed by atoms with Crippen LogP contribution in [0.4, 0.5) is 0 Å². The van der Waals surface area contributed by atoms with Crippen LogP contribution >= 0.6 is 11.3 Å². The van der Waals surface area contributed by atoms with Crippen LogP contribution in [0.5, 0.6) is 0 Å². The van der Waals surface area contributed by atoms with Gasteiger partial charge in [-0.25, -0.2) is 4.79 Å². The third-order valence-electron chi connectivity index (χ3n) is 6.29. The van der Waals surface area contributed by atoms with Crippen molar-refractivity contribution in [2.24, 2.45) is 0 Å². The molecule has 2 rings (SSSR count). The van der Waals surface area contributed by atoms with Crippen molar-refractivity contribution in [3.8, 4) is 0 Å². The zero-order valence-electron chi connectivity index (χ0n) is 24.9. The van der Waals surface area contributed by atoms with Crippen molar-refractivity contribution in [2.75, 3.05) is 6.61 Å². The van der Waals surface area contributed by atoms with Crippen molar-refractivity contribution in [1.29, 1.82) is 0 Å². The van der Waals surface area contributed by atoms with Crippen molar-refractivity contribution in [3.05, 3.63) is 65.1 Å². The van der Waals surface area contributed by atoms with Crippen molar-refractivity contribution in [2.45, 2.75) is 110 Å². The highest BCUT2D eigenvalue weighted by atomic mass is 32.1. The quantitative estimate of drug-likeness (QED) is 0.0749. The standard InChI is InChI=1S/C22H40O4.C11H10NS.2H2O/c1-2-3-4-5-6-7-8-9-10-11-12-13-14-15-16-17-20-26-22(25)19-18-21(23)24;1-2-7-12(8-3-1)9-6-11-5-4-10-13-11;;/h18-19H,2-17,20H2,1H3,(H,23,24);1-10H;2*1H2/q;+1;;/p-1. The summed E-state index contributed by atoms with van der Waals surface area (Å²) >= 11 is 1.74. The molecule has 0 saturated heterocycles. The molecule has 0 bridgehead atoms. The number of carboxylic acid groups (broad SMARTS) is 1. The van der Waals surface area contributed by atoms with Gasteiger partial charge in [0, 0.05) is 29.2 Å². The van der Waals surface area contributed by atoms with Crippen LogP contribution in [0.25, 0.3) is 12.3 Å². The Labute approximate surface area is 251 Å². The zero-order chi connectivity index (χ0) is 28.2. The SMILES string of the molecule is C(=C[n+]1ccccc1)c1cccs1.CCCCCCCCCCCCCCCCCCOC(=O)C=CC(=O)[O-].O.O. The van der Waals surface area contributed by atoms with Crippen LogP contribution in [0, 0.1) is 0 Å². The Morgan fingerprint density at radius 2 is 1.27 bits per heavy atom. The lowest BCUT2D eigenvalue weighted by Gasteiger charge is -2.04. The normalized spacial score (nSPS) is 10.5. The maximum atomic E-state index is 11.1. The predicted molar refractivity (Wildman–Crippen MR) is 168 cm³/mol. The first kappa shape index (κ1) is 40.3. The molecule has 41 heavy (non-hydrogen) atoms. The fraction of sp³-hybridized carbons (Fsp3) is 0.545. The second-order valence-electron chi connectivity index (χ2n) is 9.78. The van der Waals surface area contributed by atoms with E-state index in [9.17, 15) is 14.7 Å². The van der Waals surface area contributed by atoms with Gasteiger partial charge in [0.15, 0.2) is 18.6 Å². The highest BCUT2D eigenvalue weighted by molar-refractivity contribution is 7.10. The molecule has 0 atom stereocenters. The average molecular weight is 592 g/mol. The van der Waals surface area contributed by atoms with Crippen molar-refractivity contribution >= 4 is 35.6 Å². The number of thiophene rings is 1. The molecule has 0 aliphatic rings. The number of nitrogens with zero attached hydrogens (tertiary/aromatic N) is 1. The molecule has 0 radical (unpaired) electrons. The third kappa shape index (κ3) is 27.1. The van der Waals surface area contributed by atoms with Crippen molar-refractivity contribution in [1.82, 2.24) is 0 Å². The number of unbranched alkanes of at least 4 members (excludes halogenated alkanes) is 15. The summed E-state index contributed by atoms with van der Waals surface area (Å²) in [6.45, 7) is 2.62. The van der Waals surface area contributed by atoms with E-state index in [1.807, 2.05) is 41.4 Å². The van der Waals surface area contributed by atoms with Gasteiger partial charge in [0.25, 0.3) is 0 Å². The van der Waals surface area contributed by atoms with Crippen molar-refractivity contribution in [3.63, 3.8) is 0 Å². The topological polar surface area (TPSA) is 133 Å². The number of pyridine rings is 1. The van der Waals surface area contributed by atoms with Crippen LogP contribution in [0.1, 0.15) is 115 Å². The van der Waals surface area contributed by atoms with Crippen LogP contribution in [-0.4, -0.2) is 29.5 Å². The Morgan fingerprint density at radius 1 is 0.756 bits per heavy atom. The molecule has 0 aliphatic carbocycles. The number of esters is 1. The molecule has 0 unspecified atom stereocenters. The van der Waals surface area contributed by atoms with Gasteiger partial charge in [0.1, 0.15) is 0 Å². The average Bonchev–Trinajstić information content (AvgIpc) is 3.47. The summed E-state index contributed by atoms with van der Waals surface area (Å²) in [5.74, 6) is -2.00. The van der Waals surface area contributed by atoms with Gasteiger partial charge in [-0.2, -0.15) is 4.57 Å². The predicted octanol–water partition coefficient (Wildman–Crippen LogP) is 6.11. The summed E-state index contributed by atoms with van der Waals surface area (Å²) in [6, 6.07) is 10.2. The monoisotopic (exact) mass is 591 g/mol. The fourth-order valence-corrected chi connectivity index (χ4v) is 4.67. The van der Waals surface area contributed by atoms with Gasteiger partial charge >= 0.3 is 5.97 Å². The summed E-state index contributed by atoms with van der Waals surface area (Å²) < 4.78 is 6.92. The molecule has 2 aromatic heterocycles. The number of hydrogen-bond donors (Lipinski definition) is 0. The largest absolute Gasteiger partial charge is 0.545 e.